The highest BCUT2D eigenvalue weighted by Gasteiger charge is 2.18. The van der Waals surface area contributed by atoms with Gasteiger partial charge in [0.2, 0.25) is 10.0 Å². The first-order valence-electron chi connectivity index (χ1n) is 5.89. The highest BCUT2D eigenvalue weighted by atomic mass is 35.5. The SMILES string of the molecule is CNS(=O)(=O)c1ccccc1NC(=O)c1cnccc1Cl. The Hall–Kier alpha value is -1.96. The smallest absolute Gasteiger partial charge is 0.258 e. The van der Waals surface area contributed by atoms with Gasteiger partial charge in [0, 0.05) is 12.4 Å². The summed E-state index contributed by atoms with van der Waals surface area (Å²) in [5.41, 5.74) is 0.326. The highest BCUT2D eigenvalue weighted by Crippen LogP contribution is 2.22. The summed E-state index contributed by atoms with van der Waals surface area (Å²) < 4.78 is 26.0. The van der Waals surface area contributed by atoms with Gasteiger partial charge in [0.05, 0.1) is 16.3 Å². The van der Waals surface area contributed by atoms with E-state index in [-0.39, 0.29) is 21.2 Å². The summed E-state index contributed by atoms with van der Waals surface area (Å²) in [6.07, 6.45) is 2.77. The van der Waals surface area contributed by atoms with Crippen molar-refractivity contribution in [2.75, 3.05) is 12.4 Å². The van der Waals surface area contributed by atoms with Gasteiger partial charge in [0.25, 0.3) is 5.91 Å². The number of hydrogen-bond donors (Lipinski definition) is 2. The molecule has 1 aromatic heterocycles. The van der Waals surface area contributed by atoms with Gasteiger partial charge < -0.3 is 5.32 Å². The molecule has 0 saturated carbocycles. The lowest BCUT2D eigenvalue weighted by molar-refractivity contribution is 0.102. The van der Waals surface area contributed by atoms with E-state index in [0.29, 0.717) is 0 Å². The maximum Gasteiger partial charge on any atom is 0.258 e. The summed E-state index contributed by atoms with van der Waals surface area (Å²) in [4.78, 5) is 15.9. The molecule has 0 aliphatic carbocycles. The number of rotatable bonds is 4. The van der Waals surface area contributed by atoms with Crippen LogP contribution in [0.2, 0.25) is 5.02 Å². The molecule has 0 fully saturated rings. The van der Waals surface area contributed by atoms with Crippen molar-refractivity contribution in [2.45, 2.75) is 4.90 Å². The molecular weight excluding hydrogens is 314 g/mol. The molecule has 6 nitrogen and oxygen atoms in total. The Labute approximate surface area is 127 Å². The van der Waals surface area contributed by atoms with Gasteiger partial charge in [-0.25, -0.2) is 13.1 Å². The van der Waals surface area contributed by atoms with Crippen LogP contribution in [0.3, 0.4) is 0 Å². The fourth-order valence-electron chi connectivity index (χ4n) is 1.65. The number of nitrogens with one attached hydrogen (secondary N) is 2. The van der Waals surface area contributed by atoms with E-state index >= 15 is 0 Å². The third kappa shape index (κ3) is 3.38. The summed E-state index contributed by atoms with van der Waals surface area (Å²) in [7, 11) is -2.38. The van der Waals surface area contributed by atoms with Gasteiger partial charge in [-0.1, -0.05) is 23.7 Å². The number of aromatic nitrogens is 1. The molecule has 0 unspecified atom stereocenters. The quantitative estimate of drug-likeness (QED) is 0.898. The van der Waals surface area contributed by atoms with E-state index in [1.807, 2.05) is 0 Å². The molecule has 1 amide bonds. The maximum atomic E-state index is 12.2. The van der Waals surface area contributed by atoms with E-state index < -0.39 is 15.9 Å². The Morgan fingerprint density at radius 1 is 1.24 bits per heavy atom. The number of carbonyl (C=O) groups is 1. The van der Waals surface area contributed by atoms with E-state index in [1.54, 1.807) is 12.1 Å². The topological polar surface area (TPSA) is 88.2 Å². The van der Waals surface area contributed by atoms with Crippen molar-refractivity contribution in [3.63, 3.8) is 0 Å². The van der Waals surface area contributed by atoms with Crippen LogP contribution >= 0.6 is 11.6 Å². The van der Waals surface area contributed by atoms with Crippen molar-refractivity contribution in [2.24, 2.45) is 0 Å². The molecule has 0 spiro atoms. The predicted octanol–water partition coefficient (Wildman–Crippen LogP) is 1.90. The lowest BCUT2D eigenvalue weighted by atomic mass is 10.2. The van der Waals surface area contributed by atoms with Crippen LogP contribution in [0.4, 0.5) is 5.69 Å². The fourth-order valence-corrected chi connectivity index (χ4v) is 2.73. The maximum absolute atomic E-state index is 12.2. The van der Waals surface area contributed by atoms with Crippen LogP contribution in [0, 0.1) is 0 Å². The molecular formula is C13H12ClN3O3S. The number of anilines is 1. The van der Waals surface area contributed by atoms with Crippen LogP contribution in [0.25, 0.3) is 0 Å². The number of benzene rings is 1. The number of nitrogens with zero attached hydrogens (tertiary/aromatic N) is 1. The Morgan fingerprint density at radius 3 is 2.62 bits per heavy atom. The number of para-hydroxylation sites is 1. The predicted molar refractivity (Wildman–Crippen MR) is 79.9 cm³/mol. The first-order valence-corrected chi connectivity index (χ1v) is 7.75. The van der Waals surface area contributed by atoms with E-state index in [1.165, 1.54) is 37.6 Å². The van der Waals surface area contributed by atoms with Crippen LogP contribution in [0.1, 0.15) is 10.4 Å². The van der Waals surface area contributed by atoms with Crippen molar-refractivity contribution in [3.05, 3.63) is 53.3 Å². The summed E-state index contributed by atoms with van der Waals surface area (Å²) in [5.74, 6) is -0.535. The standard InChI is InChI=1S/C13H12ClN3O3S/c1-15-21(19,20)12-5-3-2-4-11(12)17-13(18)9-8-16-7-6-10(9)14/h2-8,15H,1H3,(H,17,18). The molecule has 0 saturated heterocycles. The van der Waals surface area contributed by atoms with Crippen LogP contribution in [-0.2, 0) is 10.0 Å². The number of pyridine rings is 1. The molecule has 21 heavy (non-hydrogen) atoms. The molecule has 2 aromatic rings. The second-order valence-electron chi connectivity index (χ2n) is 4.01. The summed E-state index contributed by atoms with van der Waals surface area (Å²) in [6.45, 7) is 0. The normalized spacial score (nSPS) is 11.1. The number of carbonyl (C=O) groups excluding carboxylic acids is 1. The van der Waals surface area contributed by atoms with E-state index in [9.17, 15) is 13.2 Å². The fraction of sp³-hybridized carbons (Fsp3) is 0.0769. The molecule has 2 N–H and O–H groups in total. The molecule has 1 aromatic carbocycles. The average Bonchev–Trinajstić information content (AvgIpc) is 2.48. The lowest BCUT2D eigenvalue weighted by Crippen LogP contribution is -2.22. The summed E-state index contributed by atoms with van der Waals surface area (Å²) in [6, 6.07) is 7.55. The van der Waals surface area contributed by atoms with Gasteiger partial charge in [-0.2, -0.15) is 0 Å². The number of sulfonamides is 1. The molecule has 0 bridgehead atoms. The molecule has 0 atom stereocenters. The summed E-state index contributed by atoms with van der Waals surface area (Å²) in [5, 5.41) is 2.76. The Kier molecular flexibility index (Phi) is 4.56. The van der Waals surface area contributed by atoms with Crippen molar-refractivity contribution in [1.29, 1.82) is 0 Å². The average molecular weight is 326 g/mol. The van der Waals surface area contributed by atoms with Crippen molar-refractivity contribution >= 4 is 33.2 Å². The van der Waals surface area contributed by atoms with Gasteiger partial charge in [-0.3, -0.25) is 9.78 Å². The molecule has 110 valence electrons. The monoisotopic (exact) mass is 325 g/mol. The Morgan fingerprint density at radius 2 is 1.95 bits per heavy atom. The summed E-state index contributed by atoms with van der Waals surface area (Å²) >= 11 is 5.91. The van der Waals surface area contributed by atoms with Gasteiger partial charge in [-0.15, -0.1) is 0 Å². The first kappa shape index (κ1) is 15.4. The first-order chi connectivity index (χ1) is 9.95. The van der Waals surface area contributed by atoms with Gasteiger partial charge in [0.15, 0.2) is 0 Å². The zero-order valence-electron chi connectivity index (χ0n) is 11.0. The Balaban J connectivity index is 2.38. The van der Waals surface area contributed by atoms with Crippen LogP contribution in [-0.4, -0.2) is 26.4 Å². The largest absolute Gasteiger partial charge is 0.321 e. The third-order valence-corrected chi connectivity index (χ3v) is 4.51. The van der Waals surface area contributed by atoms with Crippen LogP contribution in [0.15, 0.2) is 47.6 Å². The second-order valence-corrected chi connectivity index (χ2v) is 6.28. The van der Waals surface area contributed by atoms with Gasteiger partial charge in [-0.05, 0) is 25.2 Å². The Bertz CT molecular complexity index is 778. The zero-order valence-corrected chi connectivity index (χ0v) is 12.6. The third-order valence-electron chi connectivity index (χ3n) is 2.71. The molecule has 1 heterocycles. The molecule has 0 radical (unpaired) electrons. The van der Waals surface area contributed by atoms with Crippen molar-refractivity contribution in [1.82, 2.24) is 9.71 Å². The van der Waals surface area contributed by atoms with E-state index in [4.69, 9.17) is 11.6 Å². The van der Waals surface area contributed by atoms with E-state index in [2.05, 4.69) is 15.0 Å². The zero-order chi connectivity index (χ0) is 15.5. The lowest BCUT2D eigenvalue weighted by Gasteiger charge is -2.11. The number of amides is 1. The number of halogens is 1. The molecule has 2 rings (SSSR count). The van der Waals surface area contributed by atoms with Crippen LogP contribution < -0.4 is 10.0 Å². The van der Waals surface area contributed by atoms with E-state index in [0.717, 1.165) is 0 Å². The molecule has 0 aliphatic heterocycles. The highest BCUT2D eigenvalue weighted by molar-refractivity contribution is 7.89. The number of hydrogen-bond acceptors (Lipinski definition) is 4. The van der Waals surface area contributed by atoms with Crippen molar-refractivity contribution < 1.29 is 13.2 Å². The van der Waals surface area contributed by atoms with Crippen molar-refractivity contribution in [3.8, 4) is 0 Å². The molecule has 0 aliphatic rings. The minimum absolute atomic E-state index is 0.0270. The van der Waals surface area contributed by atoms with Gasteiger partial charge >= 0.3 is 0 Å². The minimum Gasteiger partial charge on any atom is -0.321 e. The van der Waals surface area contributed by atoms with Crippen LogP contribution in [0.5, 0.6) is 0 Å². The minimum atomic E-state index is -3.68. The van der Waals surface area contributed by atoms with Gasteiger partial charge in [0.1, 0.15) is 4.90 Å². The second kappa shape index (κ2) is 6.21. The molecule has 8 heteroatoms.